The summed E-state index contributed by atoms with van der Waals surface area (Å²) in [6.45, 7) is 9.91. The largest absolute Gasteiger partial charge is 0.472 e. The van der Waals surface area contributed by atoms with Crippen molar-refractivity contribution in [3.63, 3.8) is 0 Å². The number of phosphoric ester groups is 2. The third kappa shape index (κ3) is 13.6. The number of phosphoric acid groups is 2. The maximum Gasteiger partial charge on any atom is 0.472 e. The molecule has 0 bridgehead atoms. The van der Waals surface area contributed by atoms with Crippen molar-refractivity contribution in [3.05, 3.63) is 60.7 Å². The molecule has 2 amide bonds. The van der Waals surface area contributed by atoms with Gasteiger partial charge >= 0.3 is 33.3 Å². The zero-order valence-electron chi connectivity index (χ0n) is 35.9. The van der Waals surface area contributed by atoms with Crippen LogP contribution >= 0.6 is 15.6 Å². The summed E-state index contributed by atoms with van der Waals surface area (Å²) in [5, 5.41) is 5.12. The molecule has 2 fully saturated rings. The van der Waals surface area contributed by atoms with E-state index in [9.17, 15) is 47.8 Å². The second-order valence-corrected chi connectivity index (χ2v) is 17.9. The monoisotopic (exact) mass is 970 g/mol. The Labute approximate surface area is 376 Å². The molecule has 5 heterocycles. The lowest BCUT2D eigenvalue weighted by Crippen LogP contribution is -2.50. The lowest BCUT2D eigenvalue weighted by Gasteiger charge is -2.29. The van der Waals surface area contributed by atoms with Gasteiger partial charge in [-0.05, 0) is 31.7 Å². The molecule has 362 valence electrons. The van der Waals surface area contributed by atoms with Gasteiger partial charge in [0.2, 0.25) is 11.8 Å². The summed E-state index contributed by atoms with van der Waals surface area (Å²) in [4.78, 5) is 112. The average molecular weight is 971 g/mol. The predicted molar refractivity (Wildman–Crippen MR) is 227 cm³/mol. The van der Waals surface area contributed by atoms with Gasteiger partial charge in [-0.2, -0.15) is 4.98 Å². The third-order valence-corrected chi connectivity index (χ3v) is 11.5. The number of carbonyl (C=O) groups excluding carboxylic acids is 4. The number of nitrogen functional groups attached to an aromatic ring is 2. The quantitative estimate of drug-likeness (QED) is 0.0385. The van der Waals surface area contributed by atoms with Crippen molar-refractivity contribution in [2.24, 2.45) is 5.92 Å². The summed E-state index contributed by atoms with van der Waals surface area (Å²) in [5.74, 6) is -3.86. The van der Waals surface area contributed by atoms with Gasteiger partial charge in [-0.15, -0.1) is 13.2 Å². The molecular formula is C37H52N10O17P2. The summed E-state index contributed by atoms with van der Waals surface area (Å²) in [7, 11) is -10.4. The van der Waals surface area contributed by atoms with Crippen LogP contribution in [0.15, 0.2) is 55.0 Å². The van der Waals surface area contributed by atoms with Gasteiger partial charge in [0.05, 0.1) is 19.5 Å². The maximum atomic E-state index is 14.1. The molecule has 66 heavy (non-hydrogen) atoms. The first-order valence-corrected chi connectivity index (χ1v) is 23.3. The molecule has 0 saturated carbocycles. The highest BCUT2D eigenvalue weighted by atomic mass is 31.2. The predicted octanol–water partition coefficient (Wildman–Crippen LogP) is 0.446. The number of esters is 2. The molecule has 10 atom stereocenters. The van der Waals surface area contributed by atoms with E-state index < -0.39 is 119 Å². The molecule has 2 aliphatic rings. The van der Waals surface area contributed by atoms with E-state index in [2.05, 4.69) is 48.3 Å². The van der Waals surface area contributed by atoms with E-state index in [0.29, 0.717) is 12.8 Å². The third-order valence-electron chi connectivity index (χ3n) is 9.99. The number of nitrogens with one attached hydrogen (secondary N) is 2. The van der Waals surface area contributed by atoms with Crippen LogP contribution in [0.2, 0.25) is 0 Å². The lowest BCUT2D eigenvalue weighted by atomic mass is 10.0. The Morgan fingerprint density at radius 3 is 2.20 bits per heavy atom. The zero-order valence-corrected chi connectivity index (χ0v) is 37.7. The molecular weight excluding hydrogens is 918 g/mol. The van der Waals surface area contributed by atoms with Crippen LogP contribution in [-0.4, -0.2) is 123 Å². The van der Waals surface area contributed by atoms with E-state index in [0.717, 1.165) is 10.9 Å². The number of amides is 2. The number of nitrogens with two attached hydrogens (primary N) is 2. The van der Waals surface area contributed by atoms with Gasteiger partial charge < -0.3 is 55.7 Å². The van der Waals surface area contributed by atoms with Gasteiger partial charge in [-0.25, -0.2) is 38.5 Å². The van der Waals surface area contributed by atoms with E-state index in [-0.39, 0.29) is 42.1 Å². The van der Waals surface area contributed by atoms with E-state index >= 15 is 0 Å². The number of anilines is 2. The lowest BCUT2D eigenvalue weighted by molar-refractivity contribution is -0.172. The first-order valence-electron chi connectivity index (χ1n) is 20.3. The van der Waals surface area contributed by atoms with Crippen LogP contribution in [0, 0.1) is 5.92 Å². The van der Waals surface area contributed by atoms with E-state index in [1.165, 1.54) is 42.2 Å². The molecule has 3 aromatic rings. The minimum absolute atomic E-state index is 0.00132. The number of fused-ring (bicyclic) bond motifs is 1. The van der Waals surface area contributed by atoms with Crippen LogP contribution < -0.4 is 27.8 Å². The summed E-state index contributed by atoms with van der Waals surface area (Å²) in [6.07, 6.45) is -4.08. The van der Waals surface area contributed by atoms with Crippen molar-refractivity contribution in [3.8, 4) is 0 Å². The van der Waals surface area contributed by atoms with Gasteiger partial charge in [-0.1, -0.05) is 26.0 Å². The van der Waals surface area contributed by atoms with Crippen LogP contribution in [0.3, 0.4) is 0 Å². The number of allylic oxidation sites excluding steroid dienone is 2. The van der Waals surface area contributed by atoms with Crippen LogP contribution in [0.5, 0.6) is 0 Å². The summed E-state index contributed by atoms with van der Waals surface area (Å²) >= 11 is 0. The standard InChI is InChI=1S/C37H52N10O17P2/c1-6-8-10-25(48)43-20(5)35(50)63-31-30(62-36(51)28(19(3)4)45-26(49)11-9-7-2)23(61-34(31)47-18-42-29-32(39)40-17-41-33(29)47)16-59-66(56,57)64-21-14-27(46-13-12-24(38)44-37(46)52)60-22(21)15-58-65(53,54)55/h6-7,12-13,17-23,27-28,30-31,34H,1-2,8-11,14-16H2,3-5H3,(H,43,48)(H,45,49)(H,56,57)(H2,38,44,52)(H2,39,40,41)(H2,53,54,55)/t20-,21-,22+,23+,27+,28-,30+,31+,34+/m0/s1. The minimum atomic E-state index is -5.33. The van der Waals surface area contributed by atoms with E-state index in [1.54, 1.807) is 13.8 Å². The van der Waals surface area contributed by atoms with Crippen LogP contribution in [0.25, 0.3) is 11.2 Å². The van der Waals surface area contributed by atoms with Gasteiger partial charge in [0.25, 0.3) is 0 Å². The Bertz CT molecular complexity index is 2410. The molecule has 2 saturated heterocycles. The van der Waals surface area contributed by atoms with Crippen molar-refractivity contribution in [1.82, 2.24) is 39.7 Å². The summed E-state index contributed by atoms with van der Waals surface area (Å²) in [6, 6.07) is -1.31. The Hall–Kier alpha value is -5.47. The fraction of sp³-hybridized carbons (Fsp3) is 0.541. The highest BCUT2D eigenvalue weighted by Gasteiger charge is 2.53. The Balaban J connectivity index is 1.48. The molecule has 27 nitrogen and oxygen atoms in total. The topological polar surface area (TPSA) is 382 Å². The highest BCUT2D eigenvalue weighted by molar-refractivity contribution is 7.47. The van der Waals surface area contributed by atoms with Gasteiger partial charge in [0.15, 0.2) is 29.9 Å². The molecule has 0 aromatic carbocycles. The molecule has 29 heteroatoms. The highest BCUT2D eigenvalue weighted by Crippen LogP contribution is 2.50. The van der Waals surface area contributed by atoms with Crippen molar-refractivity contribution in [1.29, 1.82) is 0 Å². The first kappa shape index (κ1) is 51.5. The van der Waals surface area contributed by atoms with Crippen LogP contribution in [0.4, 0.5) is 11.6 Å². The van der Waals surface area contributed by atoms with Gasteiger partial charge in [-0.3, -0.25) is 32.3 Å². The number of imidazole rings is 1. The number of aromatic nitrogens is 6. The zero-order chi connectivity index (χ0) is 48.5. The number of hydrogen-bond acceptors (Lipinski definition) is 20. The van der Waals surface area contributed by atoms with Gasteiger partial charge in [0.1, 0.15) is 54.3 Å². The van der Waals surface area contributed by atoms with Crippen molar-refractivity contribution in [2.45, 2.75) is 108 Å². The maximum absolute atomic E-state index is 14.1. The molecule has 5 rings (SSSR count). The fourth-order valence-corrected chi connectivity index (χ4v) is 8.03. The second kappa shape index (κ2) is 22.3. The van der Waals surface area contributed by atoms with E-state index in [1.807, 2.05) is 0 Å². The number of nitrogens with zero attached hydrogens (tertiary/aromatic N) is 6. The van der Waals surface area contributed by atoms with Gasteiger partial charge in [0, 0.05) is 25.5 Å². The van der Waals surface area contributed by atoms with Crippen LogP contribution in [-0.2, 0) is 60.8 Å². The molecule has 9 N–H and O–H groups in total. The molecule has 0 radical (unpaired) electrons. The second-order valence-electron chi connectivity index (χ2n) is 15.3. The first-order chi connectivity index (χ1) is 31.1. The number of carbonyl (C=O) groups is 4. The van der Waals surface area contributed by atoms with Crippen molar-refractivity contribution >= 4 is 62.2 Å². The fourth-order valence-electron chi connectivity index (χ4n) is 6.73. The summed E-state index contributed by atoms with van der Waals surface area (Å²) in [5.41, 5.74) is 10.9. The SMILES string of the molecule is C=CCCC(=O)N[C@@H](C)C(=O)O[C@@H]1[C@H](OC(=O)[C@@H](NC(=O)CCC=C)C(C)C)[C@@H](COP(=O)(O)O[C@H]2C[C@H](n3ccc(N)nc3=O)O[C@@H]2COP(=O)(O)O)O[C@H]1n1cnc2c(N)ncnc21. The Kier molecular flexibility index (Phi) is 17.4. The molecule has 3 aromatic heterocycles. The number of rotatable bonds is 23. The van der Waals surface area contributed by atoms with Crippen molar-refractivity contribution in [2.75, 3.05) is 24.7 Å². The Morgan fingerprint density at radius 2 is 1.56 bits per heavy atom. The van der Waals surface area contributed by atoms with Crippen LogP contribution in [0.1, 0.15) is 65.3 Å². The van der Waals surface area contributed by atoms with Crippen molar-refractivity contribution < 1.29 is 75.5 Å². The minimum Gasteiger partial charge on any atom is -0.454 e. The molecule has 2 aliphatic heterocycles. The normalized spacial score (nSPS) is 23.7. The van der Waals surface area contributed by atoms with E-state index in [4.69, 9.17) is 39.5 Å². The number of ether oxygens (including phenoxy) is 4. The smallest absolute Gasteiger partial charge is 0.454 e. The molecule has 1 unspecified atom stereocenters. The average Bonchev–Trinajstić information content (AvgIpc) is 3.94. The Morgan fingerprint density at radius 1 is 0.909 bits per heavy atom. The molecule has 0 spiro atoms. The summed E-state index contributed by atoms with van der Waals surface area (Å²) < 4.78 is 67.0. The number of hydrogen-bond donors (Lipinski definition) is 7. The molecule has 0 aliphatic carbocycles.